The smallest absolute Gasteiger partial charge is 0.122 e. The second-order valence-electron chi connectivity index (χ2n) is 4.25. The summed E-state index contributed by atoms with van der Waals surface area (Å²) in [6.45, 7) is 4.08. The predicted molar refractivity (Wildman–Crippen MR) is 68.9 cm³/mol. The van der Waals surface area contributed by atoms with Crippen molar-refractivity contribution in [3.63, 3.8) is 0 Å². The average molecular weight is 238 g/mol. The Hall–Kier alpha value is -1.22. The normalized spacial score (nSPS) is 14.2. The van der Waals surface area contributed by atoms with Gasteiger partial charge in [-0.3, -0.25) is 0 Å². The molecule has 1 aromatic carbocycles. The van der Waals surface area contributed by atoms with Crippen molar-refractivity contribution in [2.24, 2.45) is 0 Å². The number of hydrogen-bond donors (Lipinski definition) is 1. The Morgan fingerprint density at radius 2 is 1.94 bits per heavy atom. The van der Waals surface area contributed by atoms with Gasteiger partial charge in [0.2, 0.25) is 0 Å². The van der Waals surface area contributed by atoms with E-state index in [4.69, 9.17) is 9.47 Å². The van der Waals surface area contributed by atoms with Gasteiger partial charge in [0, 0.05) is 11.5 Å². The number of aliphatic hydroxyl groups is 1. The monoisotopic (exact) mass is 238 g/mol. The summed E-state index contributed by atoms with van der Waals surface area (Å²) in [5, 5.41) is 10.1. The number of benzene rings is 1. The molecule has 2 unspecified atom stereocenters. The third-order valence-electron chi connectivity index (χ3n) is 3.09. The summed E-state index contributed by atoms with van der Waals surface area (Å²) in [5.74, 6) is 1.63. The van der Waals surface area contributed by atoms with E-state index in [2.05, 4.69) is 6.92 Å². The molecule has 0 saturated carbocycles. The second kappa shape index (κ2) is 6.50. The van der Waals surface area contributed by atoms with Crippen LogP contribution in [0.4, 0.5) is 0 Å². The van der Waals surface area contributed by atoms with Crippen molar-refractivity contribution in [1.82, 2.24) is 0 Å². The van der Waals surface area contributed by atoms with E-state index in [-0.39, 0.29) is 12.0 Å². The van der Waals surface area contributed by atoms with Crippen LogP contribution in [0.1, 0.15) is 38.2 Å². The Morgan fingerprint density at radius 3 is 2.47 bits per heavy atom. The molecule has 0 aliphatic heterocycles. The predicted octanol–water partition coefficient (Wildman–Crippen LogP) is 2.97. The van der Waals surface area contributed by atoms with Crippen molar-refractivity contribution in [3.05, 3.63) is 23.8 Å². The highest BCUT2D eigenvalue weighted by Crippen LogP contribution is 2.33. The first-order valence-electron chi connectivity index (χ1n) is 6.04. The van der Waals surface area contributed by atoms with Gasteiger partial charge in [0.25, 0.3) is 0 Å². The van der Waals surface area contributed by atoms with E-state index < -0.39 is 0 Å². The molecule has 0 saturated heterocycles. The summed E-state index contributed by atoms with van der Waals surface area (Å²) < 4.78 is 10.5. The standard InChI is InChI=1S/C14H22O3/c1-5-6-13(15)10(2)12-9-11(16-3)7-8-14(12)17-4/h7-10,13,15H,5-6H2,1-4H3. The first-order valence-corrected chi connectivity index (χ1v) is 6.04. The number of rotatable bonds is 6. The number of methoxy groups -OCH3 is 2. The Kier molecular flexibility index (Phi) is 5.29. The third kappa shape index (κ3) is 3.37. The Labute approximate surface area is 103 Å². The summed E-state index contributed by atoms with van der Waals surface area (Å²) in [7, 11) is 3.28. The Morgan fingerprint density at radius 1 is 1.24 bits per heavy atom. The minimum atomic E-state index is -0.346. The molecule has 0 heterocycles. The van der Waals surface area contributed by atoms with E-state index in [1.165, 1.54) is 0 Å². The second-order valence-corrected chi connectivity index (χ2v) is 4.25. The van der Waals surface area contributed by atoms with Crippen molar-refractivity contribution in [3.8, 4) is 11.5 Å². The maximum absolute atomic E-state index is 10.1. The zero-order chi connectivity index (χ0) is 12.8. The van der Waals surface area contributed by atoms with Crippen LogP contribution in [0.25, 0.3) is 0 Å². The molecule has 0 spiro atoms. The molecule has 0 amide bonds. The minimum Gasteiger partial charge on any atom is -0.497 e. The van der Waals surface area contributed by atoms with E-state index >= 15 is 0 Å². The van der Waals surface area contributed by atoms with Crippen molar-refractivity contribution >= 4 is 0 Å². The average Bonchev–Trinajstić information content (AvgIpc) is 2.37. The van der Waals surface area contributed by atoms with Crippen LogP contribution in [-0.2, 0) is 0 Å². The third-order valence-corrected chi connectivity index (χ3v) is 3.09. The topological polar surface area (TPSA) is 38.7 Å². The highest BCUT2D eigenvalue weighted by molar-refractivity contribution is 5.42. The van der Waals surface area contributed by atoms with Crippen LogP contribution in [0.2, 0.25) is 0 Å². The highest BCUT2D eigenvalue weighted by atomic mass is 16.5. The van der Waals surface area contributed by atoms with Crippen LogP contribution in [0.3, 0.4) is 0 Å². The molecule has 3 nitrogen and oxygen atoms in total. The summed E-state index contributed by atoms with van der Waals surface area (Å²) in [4.78, 5) is 0. The van der Waals surface area contributed by atoms with E-state index in [9.17, 15) is 5.11 Å². The molecule has 0 aromatic heterocycles. The lowest BCUT2D eigenvalue weighted by atomic mass is 9.92. The molecule has 0 aliphatic rings. The SMILES string of the molecule is CCCC(O)C(C)c1cc(OC)ccc1OC. The summed E-state index contributed by atoms with van der Waals surface area (Å²) in [6.07, 6.45) is 1.42. The van der Waals surface area contributed by atoms with Gasteiger partial charge in [-0.25, -0.2) is 0 Å². The van der Waals surface area contributed by atoms with Crippen molar-refractivity contribution in [2.75, 3.05) is 14.2 Å². The largest absolute Gasteiger partial charge is 0.497 e. The Balaban J connectivity index is 3.00. The van der Waals surface area contributed by atoms with E-state index in [0.29, 0.717) is 0 Å². The first-order chi connectivity index (χ1) is 8.13. The van der Waals surface area contributed by atoms with Crippen molar-refractivity contribution in [2.45, 2.75) is 38.7 Å². The van der Waals surface area contributed by atoms with Crippen LogP contribution >= 0.6 is 0 Å². The fourth-order valence-corrected chi connectivity index (χ4v) is 1.95. The molecule has 0 fully saturated rings. The van der Waals surface area contributed by atoms with Crippen molar-refractivity contribution < 1.29 is 14.6 Å². The van der Waals surface area contributed by atoms with E-state index in [1.807, 2.05) is 25.1 Å². The lowest BCUT2D eigenvalue weighted by molar-refractivity contribution is 0.137. The first kappa shape index (κ1) is 13.8. The minimum absolute atomic E-state index is 0.0417. The van der Waals surface area contributed by atoms with E-state index in [1.54, 1.807) is 14.2 Å². The zero-order valence-electron chi connectivity index (χ0n) is 11.1. The summed E-state index contributed by atoms with van der Waals surface area (Å²) >= 11 is 0. The lowest BCUT2D eigenvalue weighted by Gasteiger charge is -2.21. The van der Waals surface area contributed by atoms with Gasteiger partial charge >= 0.3 is 0 Å². The molecule has 2 atom stereocenters. The van der Waals surface area contributed by atoms with Gasteiger partial charge in [0.05, 0.1) is 20.3 Å². The Bertz CT molecular complexity index is 349. The number of aliphatic hydroxyl groups excluding tert-OH is 1. The molecule has 1 N–H and O–H groups in total. The summed E-state index contributed by atoms with van der Waals surface area (Å²) in [6, 6.07) is 5.67. The fourth-order valence-electron chi connectivity index (χ4n) is 1.95. The van der Waals surface area contributed by atoms with Crippen LogP contribution in [-0.4, -0.2) is 25.4 Å². The fraction of sp³-hybridized carbons (Fsp3) is 0.571. The van der Waals surface area contributed by atoms with Crippen LogP contribution in [0.15, 0.2) is 18.2 Å². The molecule has 0 radical (unpaired) electrons. The quantitative estimate of drug-likeness (QED) is 0.828. The maximum atomic E-state index is 10.1. The van der Waals surface area contributed by atoms with Gasteiger partial charge in [-0.2, -0.15) is 0 Å². The van der Waals surface area contributed by atoms with Gasteiger partial charge in [-0.1, -0.05) is 20.3 Å². The molecule has 96 valence electrons. The molecule has 17 heavy (non-hydrogen) atoms. The molecular weight excluding hydrogens is 216 g/mol. The van der Waals surface area contributed by atoms with Gasteiger partial charge in [-0.15, -0.1) is 0 Å². The van der Waals surface area contributed by atoms with Gasteiger partial charge < -0.3 is 14.6 Å². The maximum Gasteiger partial charge on any atom is 0.122 e. The van der Waals surface area contributed by atoms with E-state index in [0.717, 1.165) is 29.9 Å². The van der Waals surface area contributed by atoms with Crippen molar-refractivity contribution in [1.29, 1.82) is 0 Å². The number of hydrogen-bond acceptors (Lipinski definition) is 3. The molecule has 0 bridgehead atoms. The van der Waals surface area contributed by atoms with Gasteiger partial charge in [-0.05, 0) is 24.6 Å². The highest BCUT2D eigenvalue weighted by Gasteiger charge is 2.19. The van der Waals surface area contributed by atoms with Gasteiger partial charge in [0.1, 0.15) is 11.5 Å². The lowest BCUT2D eigenvalue weighted by Crippen LogP contribution is -2.16. The van der Waals surface area contributed by atoms with Crippen LogP contribution < -0.4 is 9.47 Å². The molecule has 0 aliphatic carbocycles. The van der Waals surface area contributed by atoms with Crippen LogP contribution in [0, 0.1) is 0 Å². The number of ether oxygens (including phenoxy) is 2. The van der Waals surface area contributed by atoms with Gasteiger partial charge in [0.15, 0.2) is 0 Å². The molecule has 1 aromatic rings. The molecular formula is C14H22O3. The summed E-state index contributed by atoms with van der Waals surface area (Å²) in [5.41, 5.74) is 0.993. The zero-order valence-corrected chi connectivity index (χ0v) is 11.1. The molecule has 3 heteroatoms. The van der Waals surface area contributed by atoms with Crippen LogP contribution in [0.5, 0.6) is 11.5 Å². The molecule has 1 rings (SSSR count).